The van der Waals surface area contributed by atoms with Crippen LogP contribution in [-0.2, 0) is 4.79 Å². The van der Waals surface area contributed by atoms with Crippen molar-refractivity contribution in [2.75, 3.05) is 26.0 Å². The van der Waals surface area contributed by atoms with E-state index >= 15 is 0 Å². The Morgan fingerprint density at radius 1 is 1.25 bits per heavy atom. The Morgan fingerprint density at radius 2 is 1.96 bits per heavy atom. The zero-order chi connectivity index (χ0) is 17.6. The molecule has 0 radical (unpaired) electrons. The van der Waals surface area contributed by atoms with Crippen LogP contribution in [0.5, 0.6) is 0 Å². The lowest BCUT2D eigenvalue weighted by Crippen LogP contribution is -2.42. The number of amidine groups is 1. The van der Waals surface area contributed by atoms with E-state index in [0.717, 1.165) is 10.7 Å². The van der Waals surface area contributed by atoms with Crippen LogP contribution in [0.4, 0.5) is 5.69 Å². The summed E-state index contributed by atoms with van der Waals surface area (Å²) in [4.78, 5) is 21.0. The van der Waals surface area contributed by atoms with Gasteiger partial charge in [-0.2, -0.15) is 0 Å². The van der Waals surface area contributed by atoms with Crippen molar-refractivity contribution in [1.82, 2.24) is 4.90 Å². The molecule has 1 fully saturated rings. The summed E-state index contributed by atoms with van der Waals surface area (Å²) in [5, 5.41) is 0.738. The molecule has 1 amide bonds. The second-order valence-corrected chi connectivity index (χ2v) is 7.81. The first kappa shape index (κ1) is 16.8. The first-order valence-electron chi connectivity index (χ1n) is 7.96. The molecule has 1 aromatic rings. The third-order valence-corrected chi connectivity index (χ3v) is 5.89. The fourth-order valence-corrected chi connectivity index (χ4v) is 4.09. The molecule has 0 aliphatic carbocycles. The van der Waals surface area contributed by atoms with Gasteiger partial charge >= 0.3 is 0 Å². The quantitative estimate of drug-likeness (QED) is 0.728. The zero-order valence-electron chi connectivity index (χ0n) is 15.0. The molecule has 4 nitrogen and oxygen atoms in total. The average Bonchev–Trinajstić information content (AvgIpc) is 2.80. The van der Waals surface area contributed by atoms with Crippen molar-refractivity contribution in [3.05, 3.63) is 40.3 Å². The highest BCUT2D eigenvalue weighted by Crippen LogP contribution is 2.39. The lowest BCUT2D eigenvalue weighted by molar-refractivity contribution is -0.121. The molecule has 5 heteroatoms. The van der Waals surface area contributed by atoms with Gasteiger partial charge in [0.05, 0.1) is 10.4 Å². The van der Waals surface area contributed by atoms with Gasteiger partial charge in [-0.25, -0.2) is 0 Å². The summed E-state index contributed by atoms with van der Waals surface area (Å²) in [6.07, 6.45) is 4.24. The first-order chi connectivity index (χ1) is 11.2. The summed E-state index contributed by atoms with van der Waals surface area (Å²) < 4.78 is 0. The highest BCUT2D eigenvalue weighted by atomic mass is 32.2. The van der Waals surface area contributed by atoms with Crippen LogP contribution in [0.15, 0.2) is 34.2 Å². The average molecular weight is 341 g/mol. The number of carbonyl (C=O) groups excluding carboxylic acids is 1. The standard InChI is InChI=1S/C19H23N3OS/c1-12-11-19(2,3)22(6)15-8-7-13(9-14(12)15)10-16-17(23)21(5)18(20-4)24-16/h7-11H,1-6H3/b16-10+,20-18?. The molecule has 126 valence electrons. The number of hydrogen-bond acceptors (Lipinski definition) is 4. The minimum Gasteiger partial charge on any atom is -0.366 e. The normalized spacial score (nSPS) is 23.1. The lowest BCUT2D eigenvalue weighted by Gasteiger charge is -2.40. The van der Waals surface area contributed by atoms with E-state index in [-0.39, 0.29) is 11.4 Å². The minimum atomic E-state index is 0.00351. The van der Waals surface area contributed by atoms with Crippen LogP contribution in [0.2, 0.25) is 0 Å². The number of aliphatic imine (C=N–C) groups is 1. The summed E-state index contributed by atoms with van der Waals surface area (Å²) in [6, 6.07) is 6.38. The largest absolute Gasteiger partial charge is 0.366 e. The summed E-state index contributed by atoms with van der Waals surface area (Å²) in [7, 11) is 5.59. The number of hydrogen-bond donors (Lipinski definition) is 0. The summed E-state index contributed by atoms with van der Waals surface area (Å²) in [5.41, 5.74) is 4.76. The third kappa shape index (κ3) is 2.67. The maximum absolute atomic E-state index is 12.3. The molecule has 24 heavy (non-hydrogen) atoms. The van der Waals surface area contributed by atoms with E-state index in [1.165, 1.54) is 28.6 Å². The SMILES string of the molecule is CN=C1S/C(=C/c2ccc3c(c2)C(C)=CC(C)(C)N3C)C(=O)N1C. The number of carbonyl (C=O) groups is 1. The smallest absolute Gasteiger partial charge is 0.266 e. The Hall–Kier alpha value is -2.01. The van der Waals surface area contributed by atoms with Crippen LogP contribution < -0.4 is 4.90 Å². The van der Waals surface area contributed by atoms with Gasteiger partial charge in [-0.3, -0.25) is 14.7 Å². The van der Waals surface area contributed by atoms with Crippen LogP contribution in [0.3, 0.4) is 0 Å². The Kier molecular flexibility index (Phi) is 4.08. The number of allylic oxidation sites excluding steroid dienone is 1. The fourth-order valence-electron chi connectivity index (χ4n) is 3.17. The summed E-state index contributed by atoms with van der Waals surface area (Å²) >= 11 is 1.42. The molecule has 2 aliphatic rings. The van der Waals surface area contributed by atoms with Gasteiger partial charge in [-0.15, -0.1) is 0 Å². The Morgan fingerprint density at radius 3 is 2.58 bits per heavy atom. The van der Waals surface area contributed by atoms with Gasteiger partial charge in [-0.05, 0) is 61.9 Å². The number of thioether (sulfide) groups is 1. The maximum Gasteiger partial charge on any atom is 0.266 e. The molecule has 3 rings (SSSR count). The summed E-state index contributed by atoms with van der Waals surface area (Å²) in [6.45, 7) is 6.57. The first-order valence-corrected chi connectivity index (χ1v) is 8.78. The van der Waals surface area contributed by atoms with Crippen molar-refractivity contribution >= 4 is 40.2 Å². The lowest BCUT2D eigenvalue weighted by atomic mass is 9.88. The zero-order valence-corrected chi connectivity index (χ0v) is 15.9. The van der Waals surface area contributed by atoms with E-state index in [1.54, 1.807) is 19.0 Å². The van der Waals surface area contributed by atoms with Crippen LogP contribution >= 0.6 is 11.8 Å². The van der Waals surface area contributed by atoms with Crippen molar-refractivity contribution in [1.29, 1.82) is 0 Å². The predicted octanol–water partition coefficient (Wildman–Crippen LogP) is 3.85. The highest BCUT2D eigenvalue weighted by Gasteiger charge is 2.31. The van der Waals surface area contributed by atoms with Crippen molar-refractivity contribution in [3.8, 4) is 0 Å². The molecule has 0 aromatic heterocycles. The van der Waals surface area contributed by atoms with E-state index in [2.05, 4.69) is 62.0 Å². The van der Waals surface area contributed by atoms with Gasteiger partial charge in [0, 0.05) is 32.4 Å². The Bertz CT molecular complexity index is 805. The van der Waals surface area contributed by atoms with Crippen molar-refractivity contribution in [2.24, 2.45) is 4.99 Å². The monoisotopic (exact) mass is 341 g/mol. The molecule has 1 aromatic carbocycles. The van der Waals surface area contributed by atoms with Gasteiger partial charge in [0.1, 0.15) is 0 Å². The van der Waals surface area contributed by atoms with E-state index in [4.69, 9.17) is 0 Å². The molecule has 1 saturated heterocycles. The molecule has 2 aliphatic heterocycles. The third-order valence-electron chi connectivity index (χ3n) is 4.73. The summed E-state index contributed by atoms with van der Waals surface area (Å²) in [5.74, 6) is 0.00355. The van der Waals surface area contributed by atoms with Crippen LogP contribution in [-0.4, -0.2) is 42.7 Å². The van der Waals surface area contributed by atoms with E-state index < -0.39 is 0 Å². The minimum absolute atomic E-state index is 0.00351. The van der Waals surface area contributed by atoms with Gasteiger partial charge < -0.3 is 4.90 Å². The van der Waals surface area contributed by atoms with Crippen LogP contribution in [0.1, 0.15) is 31.9 Å². The van der Waals surface area contributed by atoms with Gasteiger partial charge in [0.2, 0.25) is 0 Å². The maximum atomic E-state index is 12.3. The van der Waals surface area contributed by atoms with E-state index in [9.17, 15) is 4.79 Å². The highest BCUT2D eigenvalue weighted by molar-refractivity contribution is 8.18. The molecule has 0 saturated carbocycles. The predicted molar refractivity (Wildman–Crippen MR) is 104 cm³/mol. The number of anilines is 1. The fraction of sp³-hybridized carbons (Fsp3) is 0.368. The van der Waals surface area contributed by atoms with Crippen LogP contribution in [0.25, 0.3) is 11.6 Å². The molecule has 0 atom stereocenters. The number of fused-ring (bicyclic) bond motifs is 1. The second-order valence-electron chi connectivity index (χ2n) is 6.80. The molecule has 0 bridgehead atoms. The molecular weight excluding hydrogens is 318 g/mol. The molecular formula is C19H23N3OS. The number of rotatable bonds is 1. The van der Waals surface area contributed by atoms with Gasteiger partial charge in [-0.1, -0.05) is 12.1 Å². The van der Waals surface area contributed by atoms with E-state index in [0.29, 0.717) is 4.91 Å². The Labute approximate surface area is 147 Å². The number of amides is 1. The number of likely N-dealkylation sites (N-methyl/N-ethyl adjacent to an activating group) is 2. The number of nitrogens with zero attached hydrogens (tertiary/aromatic N) is 3. The molecule has 2 heterocycles. The number of benzene rings is 1. The van der Waals surface area contributed by atoms with Crippen LogP contribution in [0, 0.1) is 0 Å². The van der Waals surface area contributed by atoms with Crippen molar-refractivity contribution in [3.63, 3.8) is 0 Å². The topological polar surface area (TPSA) is 35.9 Å². The second kappa shape index (κ2) is 5.81. The van der Waals surface area contributed by atoms with Crippen molar-refractivity contribution in [2.45, 2.75) is 26.3 Å². The molecule has 0 spiro atoms. The molecule has 0 N–H and O–H groups in total. The van der Waals surface area contributed by atoms with Gasteiger partial charge in [0.15, 0.2) is 5.17 Å². The molecule has 0 unspecified atom stereocenters. The Balaban J connectivity index is 2.01. The van der Waals surface area contributed by atoms with Crippen molar-refractivity contribution < 1.29 is 4.79 Å². The van der Waals surface area contributed by atoms with Gasteiger partial charge in [0.25, 0.3) is 5.91 Å². The van der Waals surface area contributed by atoms with E-state index in [1.807, 2.05) is 6.08 Å².